The number of aromatic hydroxyl groups is 1. The highest BCUT2D eigenvalue weighted by Crippen LogP contribution is 2.40. The number of rotatable bonds is 3. The van der Waals surface area contributed by atoms with E-state index in [4.69, 9.17) is 0 Å². The van der Waals surface area contributed by atoms with Crippen molar-refractivity contribution in [2.45, 2.75) is 19.4 Å². The summed E-state index contributed by atoms with van der Waals surface area (Å²) in [5.41, 5.74) is 12.0. The minimum absolute atomic E-state index is 0.154. The van der Waals surface area contributed by atoms with Crippen LogP contribution in [0.4, 0.5) is 5.69 Å². The fraction of sp³-hybridized carbons (Fsp3) is 0.304. The molecule has 0 saturated heterocycles. The molecule has 6 heteroatoms. The summed E-state index contributed by atoms with van der Waals surface area (Å²) in [5, 5.41) is 21.4. The van der Waals surface area contributed by atoms with Crippen molar-refractivity contribution in [2.24, 2.45) is 0 Å². The number of phenolic OH excluding ortho intramolecular Hbond substituents is 1. The molecule has 4 N–H and O–H groups in total. The van der Waals surface area contributed by atoms with Gasteiger partial charge in [-0.2, -0.15) is 0 Å². The van der Waals surface area contributed by atoms with Crippen LogP contribution in [0.25, 0.3) is 11.3 Å². The number of fused-ring (bicyclic) bond motifs is 3. The molecule has 29 heavy (non-hydrogen) atoms. The van der Waals surface area contributed by atoms with Gasteiger partial charge in [-0.3, -0.25) is 5.01 Å². The average molecular weight is 390 g/mol. The molecule has 0 spiro atoms. The highest BCUT2D eigenvalue weighted by molar-refractivity contribution is 5.76. The number of allylic oxidation sites excluding steroid dienone is 1. The molecule has 0 bridgehead atoms. The van der Waals surface area contributed by atoms with Crippen molar-refractivity contribution in [1.82, 2.24) is 20.9 Å². The first-order valence-corrected chi connectivity index (χ1v) is 10.2. The number of hydrogen-bond acceptors (Lipinski definition) is 6. The molecule has 3 aliphatic heterocycles. The Hall–Kier alpha value is -2.96. The van der Waals surface area contributed by atoms with E-state index < -0.39 is 0 Å². The van der Waals surface area contributed by atoms with Gasteiger partial charge in [0.1, 0.15) is 5.75 Å². The number of benzene rings is 2. The van der Waals surface area contributed by atoms with Crippen LogP contribution in [-0.4, -0.2) is 41.9 Å². The monoisotopic (exact) mass is 389 g/mol. The Morgan fingerprint density at radius 1 is 1.17 bits per heavy atom. The molecule has 0 aromatic heterocycles. The molecule has 1 atom stereocenters. The lowest BCUT2D eigenvalue weighted by molar-refractivity contribution is 0.0447. The highest BCUT2D eigenvalue weighted by atomic mass is 16.3. The van der Waals surface area contributed by atoms with Crippen molar-refractivity contribution in [1.29, 1.82) is 0 Å². The van der Waals surface area contributed by atoms with Crippen molar-refractivity contribution in [2.75, 3.05) is 32.0 Å². The van der Waals surface area contributed by atoms with Gasteiger partial charge in [-0.1, -0.05) is 24.3 Å². The molecular weight excluding hydrogens is 362 g/mol. The van der Waals surface area contributed by atoms with E-state index >= 15 is 0 Å². The molecule has 0 amide bonds. The van der Waals surface area contributed by atoms with Crippen molar-refractivity contribution >= 4 is 17.0 Å². The largest absolute Gasteiger partial charge is 0.508 e. The summed E-state index contributed by atoms with van der Waals surface area (Å²) in [6.07, 6.45) is 3.23. The Bertz CT molecular complexity index is 1010. The summed E-state index contributed by atoms with van der Waals surface area (Å²) in [6.45, 7) is 4.89. The van der Waals surface area contributed by atoms with Crippen LogP contribution in [-0.2, 0) is 0 Å². The van der Waals surface area contributed by atoms with Gasteiger partial charge >= 0.3 is 0 Å². The molecule has 2 aromatic rings. The Morgan fingerprint density at radius 3 is 2.86 bits per heavy atom. The summed E-state index contributed by atoms with van der Waals surface area (Å²) in [6, 6.07) is 14.4. The maximum Gasteiger partial charge on any atom is 0.117 e. The first-order chi connectivity index (χ1) is 14.1. The van der Waals surface area contributed by atoms with E-state index in [0.29, 0.717) is 0 Å². The molecular formula is C23H27N5O. The Balaban J connectivity index is 1.60. The topological polar surface area (TPSA) is 62.8 Å². The SMILES string of the molecule is CC1=C2c3ccc(C4=CCNC4)cc3C(Nc3cccc(O)c3)CCN2N(C)N1. The summed E-state index contributed by atoms with van der Waals surface area (Å²) < 4.78 is 0. The Labute approximate surface area is 171 Å². The third-order valence-corrected chi connectivity index (χ3v) is 5.98. The number of anilines is 1. The van der Waals surface area contributed by atoms with Crippen molar-refractivity contribution < 1.29 is 5.11 Å². The Kier molecular flexibility index (Phi) is 4.45. The van der Waals surface area contributed by atoms with Crippen LogP contribution < -0.4 is 16.1 Å². The molecule has 2 aromatic carbocycles. The predicted molar refractivity (Wildman–Crippen MR) is 117 cm³/mol. The summed E-state index contributed by atoms with van der Waals surface area (Å²) in [7, 11) is 2.06. The van der Waals surface area contributed by atoms with Crippen molar-refractivity contribution in [3.05, 3.63) is 70.9 Å². The highest BCUT2D eigenvalue weighted by Gasteiger charge is 2.33. The number of nitrogens with zero attached hydrogens (tertiary/aromatic N) is 2. The predicted octanol–water partition coefficient (Wildman–Crippen LogP) is 3.29. The number of phenols is 1. The Morgan fingerprint density at radius 2 is 2.07 bits per heavy atom. The summed E-state index contributed by atoms with van der Waals surface area (Å²) in [5.74, 6) is 0.280. The van der Waals surface area contributed by atoms with Gasteiger partial charge in [0.25, 0.3) is 0 Å². The second kappa shape index (κ2) is 7.13. The average Bonchev–Trinajstić information content (AvgIpc) is 3.29. The molecule has 0 radical (unpaired) electrons. The van der Waals surface area contributed by atoms with Crippen LogP contribution in [0.1, 0.15) is 36.1 Å². The van der Waals surface area contributed by atoms with E-state index in [1.54, 1.807) is 12.1 Å². The zero-order valence-electron chi connectivity index (χ0n) is 16.9. The van der Waals surface area contributed by atoms with Gasteiger partial charge < -0.3 is 21.2 Å². The molecule has 6 nitrogen and oxygen atoms in total. The lowest BCUT2D eigenvalue weighted by atomic mass is 9.92. The smallest absolute Gasteiger partial charge is 0.117 e. The summed E-state index contributed by atoms with van der Waals surface area (Å²) >= 11 is 0. The maximum atomic E-state index is 9.90. The lowest BCUT2D eigenvalue weighted by Crippen LogP contribution is -2.40. The van der Waals surface area contributed by atoms with E-state index in [0.717, 1.165) is 31.7 Å². The first kappa shape index (κ1) is 18.1. The molecule has 0 aliphatic carbocycles. The quantitative estimate of drug-likeness (QED) is 0.646. The maximum absolute atomic E-state index is 9.90. The number of hydrazine groups is 2. The van der Waals surface area contributed by atoms with Gasteiger partial charge in [-0.15, -0.1) is 5.12 Å². The third-order valence-electron chi connectivity index (χ3n) is 5.98. The molecule has 1 unspecified atom stereocenters. The van der Waals surface area contributed by atoms with Crippen LogP contribution in [0, 0.1) is 0 Å². The standard InChI is InChI=1S/C23H27N5O/c1-15-23-20-7-6-16(17-8-10-24-14-17)12-21(20)22(9-11-28(23)27(2)26-15)25-18-4-3-5-19(29)13-18/h3-8,12-13,22,24-26,29H,9-11,14H2,1-2H3. The number of hydrogen-bond donors (Lipinski definition) is 4. The van der Waals surface area contributed by atoms with E-state index in [9.17, 15) is 5.11 Å². The van der Waals surface area contributed by atoms with Gasteiger partial charge in [0.15, 0.2) is 0 Å². The lowest BCUT2D eigenvalue weighted by Gasteiger charge is -2.27. The zero-order valence-corrected chi connectivity index (χ0v) is 16.9. The van der Waals surface area contributed by atoms with E-state index in [2.05, 4.69) is 64.4 Å². The zero-order chi connectivity index (χ0) is 20.0. The summed E-state index contributed by atoms with van der Waals surface area (Å²) in [4.78, 5) is 0. The second-order valence-electron chi connectivity index (χ2n) is 7.93. The van der Waals surface area contributed by atoms with E-state index in [1.165, 1.54) is 33.7 Å². The van der Waals surface area contributed by atoms with Crippen LogP contribution in [0.15, 0.2) is 54.2 Å². The molecule has 0 saturated carbocycles. The van der Waals surface area contributed by atoms with Crippen molar-refractivity contribution in [3.63, 3.8) is 0 Å². The van der Waals surface area contributed by atoms with Gasteiger partial charge in [-0.05, 0) is 48.2 Å². The van der Waals surface area contributed by atoms with Gasteiger partial charge in [0, 0.05) is 44.0 Å². The third kappa shape index (κ3) is 3.24. The van der Waals surface area contributed by atoms with Gasteiger partial charge in [-0.25, -0.2) is 0 Å². The van der Waals surface area contributed by atoms with Crippen LogP contribution >= 0.6 is 0 Å². The molecule has 150 valence electrons. The molecule has 5 rings (SSSR count). The van der Waals surface area contributed by atoms with Crippen molar-refractivity contribution in [3.8, 4) is 5.75 Å². The molecule has 3 aliphatic rings. The molecule has 0 fully saturated rings. The second-order valence-corrected chi connectivity index (χ2v) is 7.93. The van der Waals surface area contributed by atoms with E-state index in [1.807, 2.05) is 12.1 Å². The van der Waals surface area contributed by atoms with Crippen LogP contribution in [0.2, 0.25) is 0 Å². The van der Waals surface area contributed by atoms with Gasteiger partial charge in [0.2, 0.25) is 0 Å². The fourth-order valence-corrected chi connectivity index (χ4v) is 4.62. The van der Waals surface area contributed by atoms with Crippen LogP contribution in [0.5, 0.6) is 5.75 Å². The fourth-order valence-electron chi connectivity index (χ4n) is 4.62. The first-order valence-electron chi connectivity index (χ1n) is 10.2. The number of nitrogens with one attached hydrogen (secondary N) is 3. The minimum atomic E-state index is 0.154. The molecule has 3 heterocycles. The van der Waals surface area contributed by atoms with E-state index in [-0.39, 0.29) is 11.8 Å². The van der Waals surface area contributed by atoms with Gasteiger partial charge in [0.05, 0.1) is 17.4 Å². The normalized spacial score (nSPS) is 21.4. The minimum Gasteiger partial charge on any atom is -0.508 e. The van der Waals surface area contributed by atoms with Crippen LogP contribution in [0.3, 0.4) is 0 Å².